The van der Waals surface area contributed by atoms with Gasteiger partial charge in [-0.1, -0.05) is 30.8 Å². The maximum Gasteiger partial charge on any atom is 0.202 e. The highest BCUT2D eigenvalue weighted by Gasteiger charge is 2.07. The van der Waals surface area contributed by atoms with Crippen LogP contribution in [0.1, 0.15) is 10.5 Å². The Morgan fingerprint density at radius 2 is 2.15 bits per heavy atom. The van der Waals surface area contributed by atoms with Crippen molar-refractivity contribution in [3.05, 3.63) is 48.8 Å². The lowest BCUT2D eigenvalue weighted by Gasteiger charge is -1.91. The minimum Gasteiger partial charge on any atom is -0.357 e. The third-order valence-corrected chi connectivity index (χ3v) is 2.03. The first-order chi connectivity index (χ1) is 6.33. The van der Waals surface area contributed by atoms with Gasteiger partial charge in [0.1, 0.15) is 0 Å². The van der Waals surface area contributed by atoms with Gasteiger partial charge in [-0.05, 0) is 11.5 Å². The molecule has 0 aliphatic rings. The molecule has 0 aliphatic heterocycles. The summed E-state index contributed by atoms with van der Waals surface area (Å²) in [5.41, 5.74) is 0.616. The Labute approximate surface area is 75.9 Å². The van der Waals surface area contributed by atoms with E-state index in [0.717, 1.165) is 10.8 Å². The molecule has 2 aromatic rings. The number of aromatic amines is 1. The van der Waals surface area contributed by atoms with E-state index in [1.165, 1.54) is 6.08 Å². The first-order valence-electron chi connectivity index (χ1n) is 4.06. The van der Waals surface area contributed by atoms with E-state index in [1.54, 1.807) is 0 Å². The fourth-order valence-corrected chi connectivity index (χ4v) is 1.38. The van der Waals surface area contributed by atoms with Crippen molar-refractivity contribution in [1.82, 2.24) is 4.98 Å². The molecule has 2 rings (SSSR count). The summed E-state index contributed by atoms with van der Waals surface area (Å²) in [6, 6.07) is 7.74. The van der Waals surface area contributed by atoms with Crippen LogP contribution >= 0.6 is 0 Å². The van der Waals surface area contributed by atoms with Gasteiger partial charge in [-0.3, -0.25) is 4.79 Å². The first-order valence-corrected chi connectivity index (χ1v) is 4.06. The molecule has 64 valence electrons. The number of benzene rings is 1. The average molecular weight is 171 g/mol. The van der Waals surface area contributed by atoms with E-state index in [9.17, 15) is 4.79 Å². The van der Waals surface area contributed by atoms with Crippen molar-refractivity contribution < 1.29 is 4.79 Å². The topological polar surface area (TPSA) is 32.9 Å². The molecule has 0 saturated carbocycles. The van der Waals surface area contributed by atoms with Crippen LogP contribution in [0.15, 0.2) is 43.1 Å². The molecule has 0 spiro atoms. The van der Waals surface area contributed by atoms with Gasteiger partial charge in [0.2, 0.25) is 5.78 Å². The predicted octanol–water partition coefficient (Wildman–Crippen LogP) is 2.54. The standard InChI is InChI=1S/C11H9NO/c1-2-10(13)11-9-6-4-3-5-8(9)7-12-11/h2-7,12H,1H2. The van der Waals surface area contributed by atoms with Gasteiger partial charge in [-0.2, -0.15) is 0 Å². The zero-order valence-electron chi connectivity index (χ0n) is 7.08. The Balaban J connectivity index is 2.71. The molecular weight excluding hydrogens is 162 g/mol. The second-order valence-electron chi connectivity index (χ2n) is 2.82. The van der Waals surface area contributed by atoms with E-state index in [4.69, 9.17) is 0 Å². The Hall–Kier alpha value is -1.83. The van der Waals surface area contributed by atoms with Crippen LogP contribution in [0, 0.1) is 0 Å². The summed E-state index contributed by atoms with van der Waals surface area (Å²) in [6.07, 6.45) is 3.14. The van der Waals surface area contributed by atoms with E-state index in [0.29, 0.717) is 5.69 Å². The van der Waals surface area contributed by atoms with Gasteiger partial charge >= 0.3 is 0 Å². The van der Waals surface area contributed by atoms with Crippen LogP contribution in [0.5, 0.6) is 0 Å². The third-order valence-electron chi connectivity index (χ3n) is 2.03. The van der Waals surface area contributed by atoms with Gasteiger partial charge < -0.3 is 4.98 Å². The number of nitrogens with one attached hydrogen (secondary N) is 1. The summed E-state index contributed by atoms with van der Waals surface area (Å²) < 4.78 is 0. The van der Waals surface area contributed by atoms with Gasteiger partial charge in [0, 0.05) is 11.6 Å². The molecule has 0 fully saturated rings. The number of H-pyrrole nitrogens is 1. The Morgan fingerprint density at radius 3 is 2.92 bits per heavy atom. The molecule has 1 aromatic carbocycles. The van der Waals surface area contributed by atoms with Crippen LogP contribution in [0.3, 0.4) is 0 Å². The van der Waals surface area contributed by atoms with Crippen LogP contribution in [0.2, 0.25) is 0 Å². The van der Waals surface area contributed by atoms with Crippen molar-refractivity contribution in [2.45, 2.75) is 0 Å². The Morgan fingerprint density at radius 1 is 1.38 bits per heavy atom. The first kappa shape index (κ1) is 7.80. The number of ketones is 1. The zero-order valence-corrected chi connectivity index (χ0v) is 7.08. The smallest absolute Gasteiger partial charge is 0.202 e. The minimum absolute atomic E-state index is 0.0683. The highest BCUT2D eigenvalue weighted by atomic mass is 16.1. The lowest BCUT2D eigenvalue weighted by atomic mass is 10.1. The largest absolute Gasteiger partial charge is 0.357 e. The molecule has 0 atom stereocenters. The van der Waals surface area contributed by atoms with Crippen molar-refractivity contribution in [3.63, 3.8) is 0 Å². The third kappa shape index (κ3) is 1.16. The summed E-state index contributed by atoms with van der Waals surface area (Å²) in [5, 5.41) is 2.00. The lowest BCUT2D eigenvalue weighted by Crippen LogP contribution is -1.93. The number of hydrogen-bond acceptors (Lipinski definition) is 1. The minimum atomic E-state index is -0.0683. The predicted molar refractivity (Wildman–Crippen MR) is 52.8 cm³/mol. The highest BCUT2D eigenvalue weighted by Crippen LogP contribution is 2.17. The fraction of sp³-hybridized carbons (Fsp3) is 0. The van der Waals surface area contributed by atoms with Crippen LogP contribution in [0.4, 0.5) is 0 Å². The summed E-state index contributed by atoms with van der Waals surface area (Å²) in [6.45, 7) is 3.45. The number of hydrogen-bond donors (Lipinski definition) is 1. The molecular formula is C11H9NO. The molecule has 2 nitrogen and oxygen atoms in total. The fourth-order valence-electron chi connectivity index (χ4n) is 1.38. The van der Waals surface area contributed by atoms with Crippen molar-refractivity contribution in [2.24, 2.45) is 0 Å². The van der Waals surface area contributed by atoms with E-state index in [2.05, 4.69) is 11.6 Å². The molecule has 0 aliphatic carbocycles. The molecule has 1 N–H and O–H groups in total. The zero-order chi connectivity index (χ0) is 9.26. The van der Waals surface area contributed by atoms with Crippen LogP contribution in [0.25, 0.3) is 10.8 Å². The number of allylic oxidation sites excluding steroid dienone is 1. The SMILES string of the molecule is C=CC(=O)c1[nH]cc2ccccc12. The Bertz CT molecular complexity index is 468. The van der Waals surface area contributed by atoms with Gasteiger partial charge in [0.25, 0.3) is 0 Å². The number of aromatic nitrogens is 1. The lowest BCUT2D eigenvalue weighted by molar-refractivity contribution is 0.104. The molecule has 0 saturated heterocycles. The molecule has 2 heteroatoms. The molecule has 1 aromatic heterocycles. The van der Waals surface area contributed by atoms with Gasteiger partial charge in [0.05, 0.1) is 5.69 Å². The average Bonchev–Trinajstić information content (AvgIpc) is 2.60. The second kappa shape index (κ2) is 2.90. The van der Waals surface area contributed by atoms with Crippen LogP contribution in [-0.4, -0.2) is 10.8 Å². The summed E-state index contributed by atoms with van der Waals surface area (Å²) >= 11 is 0. The van der Waals surface area contributed by atoms with E-state index < -0.39 is 0 Å². The number of rotatable bonds is 2. The van der Waals surface area contributed by atoms with Crippen LogP contribution in [-0.2, 0) is 0 Å². The van der Waals surface area contributed by atoms with Gasteiger partial charge in [0.15, 0.2) is 0 Å². The summed E-state index contributed by atoms with van der Waals surface area (Å²) in [7, 11) is 0. The summed E-state index contributed by atoms with van der Waals surface area (Å²) in [4.78, 5) is 14.3. The Kier molecular flexibility index (Phi) is 1.74. The highest BCUT2D eigenvalue weighted by molar-refractivity contribution is 6.12. The monoisotopic (exact) mass is 171 g/mol. The maximum atomic E-state index is 11.3. The number of fused-ring (bicyclic) bond motifs is 1. The van der Waals surface area contributed by atoms with Gasteiger partial charge in [-0.15, -0.1) is 0 Å². The van der Waals surface area contributed by atoms with Crippen molar-refractivity contribution in [1.29, 1.82) is 0 Å². The van der Waals surface area contributed by atoms with E-state index in [-0.39, 0.29) is 5.78 Å². The molecule has 0 amide bonds. The molecule has 0 unspecified atom stereocenters. The number of carbonyl (C=O) groups is 1. The van der Waals surface area contributed by atoms with Crippen molar-refractivity contribution in [2.75, 3.05) is 0 Å². The van der Waals surface area contributed by atoms with Crippen LogP contribution < -0.4 is 0 Å². The molecule has 13 heavy (non-hydrogen) atoms. The maximum absolute atomic E-state index is 11.3. The normalized spacial score (nSPS) is 10.2. The van der Waals surface area contributed by atoms with Crippen molar-refractivity contribution >= 4 is 16.6 Å². The molecule has 0 bridgehead atoms. The molecule has 1 heterocycles. The van der Waals surface area contributed by atoms with E-state index in [1.807, 2.05) is 30.5 Å². The quantitative estimate of drug-likeness (QED) is 0.546. The van der Waals surface area contributed by atoms with E-state index >= 15 is 0 Å². The van der Waals surface area contributed by atoms with Crippen molar-refractivity contribution in [3.8, 4) is 0 Å². The molecule has 0 radical (unpaired) electrons. The van der Waals surface area contributed by atoms with Gasteiger partial charge in [-0.25, -0.2) is 0 Å². The number of carbonyl (C=O) groups excluding carboxylic acids is 1. The summed E-state index contributed by atoms with van der Waals surface area (Å²) in [5.74, 6) is -0.0683. The second-order valence-corrected chi connectivity index (χ2v) is 2.82.